The van der Waals surface area contributed by atoms with Crippen LogP contribution in [0.5, 0.6) is 23.5 Å². The van der Waals surface area contributed by atoms with Crippen molar-refractivity contribution < 1.29 is 37.9 Å². The maximum Gasteiger partial charge on any atom is 0.316 e. The van der Waals surface area contributed by atoms with Crippen molar-refractivity contribution in [3.63, 3.8) is 0 Å². The molecule has 50 heavy (non-hydrogen) atoms. The normalized spacial score (nSPS) is 17.3. The fourth-order valence-corrected chi connectivity index (χ4v) is 5.00. The standard InChI is InChI=1S/C38H48N4O8/c1-2-4-6-16-48-36-13-9-32(10-14-36)34-29-41-38(42-30-34)50-26-24-46-22-20-44-18-17-43-19-21-45-23-25-49-37-39-27-33(28-40-37)31-7-11-35(12-8-31)47-15-5-3-1/h7-14,27-30H,1-6,15-26H2. The Hall–Kier alpha value is -4.36. The lowest BCUT2D eigenvalue weighted by Crippen LogP contribution is -2.15. The molecule has 0 amide bonds. The van der Waals surface area contributed by atoms with Gasteiger partial charge in [0.05, 0.1) is 66.1 Å². The Balaban J connectivity index is 1.03. The molecule has 7 aliphatic rings. The van der Waals surface area contributed by atoms with Gasteiger partial charge in [0.1, 0.15) is 24.7 Å². The smallest absolute Gasteiger partial charge is 0.316 e. The van der Waals surface area contributed by atoms with Gasteiger partial charge in [0.25, 0.3) is 0 Å². The molecule has 2 aromatic heterocycles. The van der Waals surface area contributed by atoms with Crippen molar-refractivity contribution in [3.8, 4) is 45.8 Å². The second-order valence-corrected chi connectivity index (χ2v) is 11.5. The number of aromatic nitrogens is 4. The number of benzene rings is 2. The van der Waals surface area contributed by atoms with Gasteiger partial charge in [-0.15, -0.1) is 0 Å². The van der Waals surface area contributed by atoms with Gasteiger partial charge in [-0.25, -0.2) is 19.9 Å². The minimum atomic E-state index is 0.314. The topological polar surface area (TPSA) is 125 Å². The zero-order valence-corrected chi connectivity index (χ0v) is 28.7. The van der Waals surface area contributed by atoms with Crippen molar-refractivity contribution in [1.82, 2.24) is 19.9 Å². The third kappa shape index (κ3) is 13.9. The van der Waals surface area contributed by atoms with Crippen LogP contribution in [0.2, 0.25) is 0 Å². The van der Waals surface area contributed by atoms with E-state index >= 15 is 0 Å². The highest BCUT2D eigenvalue weighted by Gasteiger charge is 2.05. The van der Waals surface area contributed by atoms with Crippen LogP contribution >= 0.6 is 0 Å². The molecule has 0 saturated heterocycles. The van der Waals surface area contributed by atoms with Crippen molar-refractivity contribution >= 4 is 0 Å². The zero-order valence-electron chi connectivity index (χ0n) is 28.7. The monoisotopic (exact) mass is 688 g/mol. The van der Waals surface area contributed by atoms with E-state index in [4.69, 9.17) is 37.9 Å². The summed E-state index contributed by atoms with van der Waals surface area (Å²) in [6, 6.07) is 16.6. The van der Waals surface area contributed by atoms with E-state index < -0.39 is 0 Å². The summed E-state index contributed by atoms with van der Waals surface area (Å²) >= 11 is 0. The van der Waals surface area contributed by atoms with E-state index in [1.165, 1.54) is 12.8 Å². The molecule has 11 rings (SSSR count). The number of ether oxygens (including phenoxy) is 8. The molecule has 0 fully saturated rings. The van der Waals surface area contributed by atoms with Crippen LogP contribution in [0.4, 0.5) is 0 Å². The first kappa shape index (κ1) is 36.9. The van der Waals surface area contributed by atoms with E-state index in [0.717, 1.165) is 59.4 Å². The van der Waals surface area contributed by atoms with Gasteiger partial charge in [0.15, 0.2) is 0 Å². The molecule has 268 valence electrons. The Morgan fingerprint density at radius 2 is 0.620 bits per heavy atom. The minimum Gasteiger partial charge on any atom is -0.494 e. The number of hydrogen-bond acceptors (Lipinski definition) is 12. The summed E-state index contributed by atoms with van der Waals surface area (Å²) in [6.45, 7) is 5.75. The molecule has 0 unspecified atom stereocenters. The van der Waals surface area contributed by atoms with E-state index in [-0.39, 0.29) is 0 Å². The third-order valence-corrected chi connectivity index (χ3v) is 7.74. The summed E-state index contributed by atoms with van der Waals surface area (Å²) in [5, 5.41) is 0. The Morgan fingerprint density at radius 1 is 0.300 bits per heavy atom. The summed E-state index contributed by atoms with van der Waals surface area (Å²) < 4.78 is 45.3. The highest BCUT2D eigenvalue weighted by molar-refractivity contribution is 5.63. The van der Waals surface area contributed by atoms with Gasteiger partial charge < -0.3 is 37.9 Å². The van der Waals surface area contributed by atoms with Crippen LogP contribution in [0.1, 0.15) is 38.5 Å². The maximum absolute atomic E-state index is 5.96. The lowest BCUT2D eigenvalue weighted by molar-refractivity contribution is -0.00745. The average molecular weight is 689 g/mol. The molecule has 4 aromatic rings. The molecule has 8 bridgehead atoms. The van der Waals surface area contributed by atoms with Gasteiger partial charge in [-0.1, -0.05) is 49.9 Å². The largest absolute Gasteiger partial charge is 0.494 e. The molecule has 0 aliphatic carbocycles. The van der Waals surface area contributed by atoms with Crippen LogP contribution in [0.3, 0.4) is 0 Å². The summed E-state index contributed by atoms with van der Waals surface area (Å²) in [4.78, 5) is 17.3. The summed E-state index contributed by atoms with van der Waals surface area (Å²) in [7, 11) is 0. The molecule has 0 N–H and O–H groups in total. The van der Waals surface area contributed by atoms with Gasteiger partial charge in [0, 0.05) is 35.9 Å². The van der Waals surface area contributed by atoms with Crippen molar-refractivity contribution in [2.24, 2.45) is 0 Å². The SMILES string of the molecule is c1cc2ccc1OCCCCCCCCOc1ccc(cc1)-c1cnc(nc1)OCCOCCOCCOCCOCCOc1ncc-2cn1. The van der Waals surface area contributed by atoms with Crippen LogP contribution in [0.25, 0.3) is 22.3 Å². The minimum absolute atomic E-state index is 0.314. The summed E-state index contributed by atoms with van der Waals surface area (Å²) in [5.41, 5.74) is 3.85. The van der Waals surface area contributed by atoms with Crippen LogP contribution < -0.4 is 18.9 Å². The Kier molecular flexibility index (Phi) is 16.5. The van der Waals surface area contributed by atoms with Crippen molar-refractivity contribution in [1.29, 1.82) is 0 Å². The molecule has 0 saturated carbocycles. The highest BCUT2D eigenvalue weighted by Crippen LogP contribution is 2.24. The molecular weight excluding hydrogens is 640 g/mol. The van der Waals surface area contributed by atoms with Crippen LogP contribution in [-0.2, 0) is 18.9 Å². The van der Waals surface area contributed by atoms with E-state index in [1.54, 1.807) is 24.8 Å². The van der Waals surface area contributed by atoms with Crippen LogP contribution in [0.15, 0.2) is 73.3 Å². The second kappa shape index (κ2) is 22.4. The molecular formula is C38H48N4O8. The molecule has 12 nitrogen and oxygen atoms in total. The molecule has 0 radical (unpaired) electrons. The van der Waals surface area contributed by atoms with Gasteiger partial charge in [-0.3, -0.25) is 0 Å². The molecule has 12 heteroatoms. The zero-order chi connectivity index (χ0) is 34.3. The molecule has 0 atom stereocenters. The van der Waals surface area contributed by atoms with Crippen molar-refractivity contribution in [3.05, 3.63) is 73.3 Å². The fourth-order valence-electron chi connectivity index (χ4n) is 5.00. The maximum atomic E-state index is 5.96. The first-order valence-electron chi connectivity index (χ1n) is 17.5. The predicted molar refractivity (Wildman–Crippen MR) is 188 cm³/mol. The van der Waals surface area contributed by atoms with Gasteiger partial charge >= 0.3 is 12.0 Å². The van der Waals surface area contributed by atoms with Gasteiger partial charge in [-0.2, -0.15) is 0 Å². The van der Waals surface area contributed by atoms with Crippen molar-refractivity contribution in [2.45, 2.75) is 38.5 Å². The van der Waals surface area contributed by atoms with Gasteiger partial charge in [-0.05, 0) is 48.2 Å². The summed E-state index contributed by atoms with van der Waals surface area (Å²) in [6.07, 6.45) is 13.8. The number of nitrogens with zero attached hydrogens (tertiary/aromatic N) is 4. The summed E-state index contributed by atoms with van der Waals surface area (Å²) in [5.74, 6) is 1.72. The van der Waals surface area contributed by atoms with Gasteiger partial charge in [0.2, 0.25) is 0 Å². The van der Waals surface area contributed by atoms with E-state index in [9.17, 15) is 0 Å². The molecule has 2 aromatic carbocycles. The Labute approximate surface area is 294 Å². The molecule has 9 heterocycles. The first-order valence-corrected chi connectivity index (χ1v) is 17.5. The van der Waals surface area contributed by atoms with E-state index in [2.05, 4.69) is 19.9 Å². The van der Waals surface area contributed by atoms with Crippen LogP contribution in [-0.4, -0.2) is 99.2 Å². The van der Waals surface area contributed by atoms with Crippen LogP contribution in [0, 0.1) is 0 Å². The first-order chi connectivity index (χ1) is 24.8. The van der Waals surface area contributed by atoms with E-state index in [0.29, 0.717) is 91.3 Å². The highest BCUT2D eigenvalue weighted by atomic mass is 16.6. The second-order valence-electron chi connectivity index (χ2n) is 11.5. The lowest BCUT2D eigenvalue weighted by Gasteiger charge is -2.09. The lowest BCUT2D eigenvalue weighted by atomic mass is 10.1. The Bertz CT molecular complexity index is 1350. The fraction of sp³-hybridized carbons (Fsp3) is 0.474. The van der Waals surface area contributed by atoms with Crippen molar-refractivity contribution in [2.75, 3.05) is 79.3 Å². The predicted octanol–water partition coefficient (Wildman–Crippen LogP) is 6.24. The van der Waals surface area contributed by atoms with E-state index in [1.807, 2.05) is 48.5 Å². The number of hydrogen-bond donors (Lipinski definition) is 0. The molecule has 0 spiro atoms. The third-order valence-electron chi connectivity index (χ3n) is 7.74. The number of fused-ring (bicyclic) bond motifs is 1. The number of rotatable bonds is 0. The molecule has 7 aliphatic heterocycles. The Morgan fingerprint density at radius 3 is 0.980 bits per heavy atom. The average Bonchev–Trinajstić information content (AvgIpc) is 3.16. The quantitative estimate of drug-likeness (QED) is 0.208.